The smallest absolute Gasteiger partial charge is 0.472 e. The zero-order valence-electron chi connectivity index (χ0n) is 26.2. The van der Waals surface area contributed by atoms with Gasteiger partial charge in [-0.25, -0.2) is 4.57 Å². The molecule has 0 spiro atoms. The first kappa shape index (κ1) is 41.2. The Kier molecular flexibility index (Phi) is 25.9. The molecule has 0 aliphatic rings. The normalized spacial score (nSPS) is 15.0. The summed E-state index contributed by atoms with van der Waals surface area (Å²) in [6.45, 7) is 2.18. The summed E-state index contributed by atoms with van der Waals surface area (Å²) < 4.78 is 31.8. The van der Waals surface area contributed by atoms with Crippen molar-refractivity contribution in [3.05, 3.63) is 60.8 Å². The van der Waals surface area contributed by atoms with Crippen molar-refractivity contribution in [3.8, 4) is 0 Å². The first-order chi connectivity index (χ1) is 21.1. The molecule has 250 valence electrons. The Labute approximate surface area is 262 Å². The summed E-state index contributed by atoms with van der Waals surface area (Å²) in [5.41, 5.74) is 5.25. The van der Waals surface area contributed by atoms with Gasteiger partial charge in [0.05, 0.1) is 13.2 Å². The van der Waals surface area contributed by atoms with E-state index in [1.807, 2.05) is 0 Å². The van der Waals surface area contributed by atoms with Crippen molar-refractivity contribution < 1.29 is 47.5 Å². The molecule has 0 rings (SSSR count). The van der Waals surface area contributed by atoms with Crippen LogP contribution in [0, 0.1) is 0 Å². The maximum atomic E-state index is 12.3. The second-order valence-electron chi connectivity index (χ2n) is 9.86. The monoisotopic (exact) mass is 641 g/mol. The van der Waals surface area contributed by atoms with E-state index in [0.29, 0.717) is 12.8 Å². The number of carbonyl (C=O) groups excluding carboxylic acids is 2. The molecule has 4 N–H and O–H groups in total. The number of rotatable bonds is 27. The molecule has 11 nitrogen and oxygen atoms in total. The first-order valence-corrected chi connectivity index (χ1v) is 16.8. The highest BCUT2D eigenvalue weighted by atomic mass is 31.2. The van der Waals surface area contributed by atoms with Gasteiger partial charge in [-0.1, -0.05) is 81.0 Å². The van der Waals surface area contributed by atoms with E-state index in [0.717, 1.165) is 51.4 Å². The second kappa shape index (κ2) is 27.7. The van der Waals surface area contributed by atoms with E-state index in [2.05, 4.69) is 72.2 Å². The fraction of sp³-hybridized carbons (Fsp3) is 0.594. The van der Waals surface area contributed by atoms with Crippen LogP contribution in [0.25, 0.3) is 0 Å². The Balaban J connectivity index is 4.28. The van der Waals surface area contributed by atoms with Gasteiger partial charge in [0.25, 0.3) is 0 Å². The lowest BCUT2D eigenvalue weighted by atomic mass is 10.1. The number of carboxylic acids is 1. The van der Waals surface area contributed by atoms with Gasteiger partial charge in [0.15, 0.2) is 6.10 Å². The average Bonchev–Trinajstić information content (AvgIpc) is 2.98. The first-order valence-electron chi connectivity index (χ1n) is 15.3. The number of esters is 2. The molecular formula is C32H52NO10P. The standard InChI is InChI=1S/C32H52NO10P/c1-3-5-6-7-8-9-10-11-12-13-14-15-16-17-18-19-20-21-22-24-31(35)43-28(25-40-30(34)23-4-2)26-41-44(38,39)42-27-29(33)32(36)37/h5-6,8-9,11-12,14-15,17-18,28-29H,3-4,7,10,13,16,19-27,33H2,1-2H3,(H,36,37)(H,38,39)/b6-5-,9-8-,12-11-,15-14-,18-17-. The summed E-state index contributed by atoms with van der Waals surface area (Å²) in [6.07, 6.45) is 29.2. The van der Waals surface area contributed by atoms with E-state index >= 15 is 0 Å². The minimum absolute atomic E-state index is 0.117. The van der Waals surface area contributed by atoms with E-state index < -0.39 is 51.1 Å². The largest absolute Gasteiger partial charge is 0.480 e. The Bertz CT molecular complexity index is 990. The molecule has 0 saturated heterocycles. The van der Waals surface area contributed by atoms with Crippen molar-refractivity contribution in [2.75, 3.05) is 19.8 Å². The van der Waals surface area contributed by atoms with Gasteiger partial charge >= 0.3 is 25.7 Å². The number of phosphoric ester groups is 1. The second-order valence-corrected chi connectivity index (χ2v) is 11.3. The highest BCUT2D eigenvalue weighted by Gasteiger charge is 2.28. The number of aliphatic carboxylic acids is 1. The summed E-state index contributed by atoms with van der Waals surface area (Å²) in [4.78, 5) is 44.6. The minimum atomic E-state index is -4.69. The lowest BCUT2D eigenvalue weighted by Gasteiger charge is -2.20. The van der Waals surface area contributed by atoms with Crippen molar-refractivity contribution in [2.45, 2.75) is 103 Å². The van der Waals surface area contributed by atoms with Crippen molar-refractivity contribution in [3.63, 3.8) is 0 Å². The predicted octanol–water partition coefficient (Wildman–Crippen LogP) is 6.49. The molecule has 3 unspecified atom stereocenters. The summed E-state index contributed by atoms with van der Waals surface area (Å²) in [5.74, 6) is -2.50. The summed E-state index contributed by atoms with van der Waals surface area (Å²) in [7, 11) is -4.69. The van der Waals surface area contributed by atoms with Crippen molar-refractivity contribution in [2.24, 2.45) is 5.73 Å². The van der Waals surface area contributed by atoms with Crippen LogP contribution in [-0.4, -0.2) is 59.9 Å². The molecule has 0 aliphatic heterocycles. The highest BCUT2D eigenvalue weighted by molar-refractivity contribution is 7.47. The number of hydrogen-bond donors (Lipinski definition) is 3. The number of unbranched alkanes of at least 4 members (excludes halogenated alkanes) is 3. The molecule has 0 saturated carbocycles. The van der Waals surface area contributed by atoms with Crippen LogP contribution in [0.3, 0.4) is 0 Å². The molecule has 0 fully saturated rings. The zero-order chi connectivity index (χ0) is 32.9. The van der Waals surface area contributed by atoms with Crippen LogP contribution in [0.1, 0.15) is 90.9 Å². The van der Waals surface area contributed by atoms with Crippen molar-refractivity contribution in [1.82, 2.24) is 0 Å². The highest BCUT2D eigenvalue weighted by Crippen LogP contribution is 2.43. The number of nitrogens with two attached hydrogens (primary N) is 1. The molecule has 0 amide bonds. The summed E-state index contributed by atoms with van der Waals surface area (Å²) in [5, 5.41) is 8.75. The van der Waals surface area contributed by atoms with Gasteiger partial charge in [0.1, 0.15) is 12.6 Å². The predicted molar refractivity (Wildman–Crippen MR) is 171 cm³/mol. The van der Waals surface area contributed by atoms with Crippen LogP contribution in [-0.2, 0) is 37.5 Å². The molecule has 0 bridgehead atoms. The van der Waals surface area contributed by atoms with Gasteiger partial charge in [0.2, 0.25) is 0 Å². The molecule has 44 heavy (non-hydrogen) atoms. The zero-order valence-corrected chi connectivity index (χ0v) is 27.1. The quantitative estimate of drug-likeness (QED) is 0.0387. The Morgan fingerprint density at radius 2 is 1.27 bits per heavy atom. The van der Waals surface area contributed by atoms with Crippen molar-refractivity contribution in [1.29, 1.82) is 0 Å². The maximum Gasteiger partial charge on any atom is 0.472 e. The molecule has 0 heterocycles. The molecule has 0 aromatic heterocycles. The van der Waals surface area contributed by atoms with Crippen LogP contribution < -0.4 is 5.73 Å². The third-order valence-corrected chi connectivity index (χ3v) is 6.70. The Morgan fingerprint density at radius 1 is 0.727 bits per heavy atom. The van der Waals surface area contributed by atoms with Gasteiger partial charge in [0, 0.05) is 12.8 Å². The van der Waals surface area contributed by atoms with E-state index in [1.54, 1.807) is 6.92 Å². The number of phosphoric acid groups is 1. The van der Waals surface area contributed by atoms with Crippen LogP contribution in [0.15, 0.2) is 60.8 Å². The van der Waals surface area contributed by atoms with Gasteiger partial charge < -0.3 is 25.2 Å². The van der Waals surface area contributed by atoms with E-state index in [4.69, 9.17) is 24.8 Å². The number of carboxylic acid groups (broad SMARTS) is 1. The molecular weight excluding hydrogens is 589 g/mol. The molecule has 0 radical (unpaired) electrons. The summed E-state index contributed by atoms with van der Waals surface area (Å²) >= 11 is 0. The SMILES string of the molecule is CC/C=C\C/C=C\C/C=C\C/C=C\C/C=C\CCCCCC(=O)OC(COC(=O)CCC)COP(=O)(O)OCC(N)C(=O)O. The topological polar surface area (TPSA) is 172 Å². The molecule has 0 aliphatic carbocycles. The Morgan fingerprint density at radius 3 is 1.82 bits per heavy atom. The average molecular weight is 642 g/mol. The van der Waals surface area contributed by atoms with Gasteiger partial charge in [-0.3, -0.25) is 23.4 Å². The van der Waals surface area contributed by atoms with E-state index in [9.17, 15) is 23.8 Å². The van der Waals surface area contributed by atoms with E-state index in [-0.39, 0.29) is 19.4 Å². The fourth-order valence-corrected chi connectivity index (χ4v) is 4.14. The lowest BCUT2D eigenvalue weighted by Crippen LogP contribution is -2.34. The molecule has 0 aromatic carbocycles. The molecule has 0 aromatic rings. The third-order valence-electron chi connectivity index (χ3n) is 5.75. The van der Waals surface area contributed by atoms with Crippen LogP contribution >= 0.6 is 7.82 Å². The van der Waals surface area contributed by atoms with E-state index in [1.165, 1.54) is 0 Å². The van der Waals surface area contributed by atoms with Gasteiger partial charge in [-0.2, -0.15) is 0 Å². The number of ether oxygens (including phenoxy) is 2. The number of carbonyl (C=O) groups is 3. The third kappa shape index (κ3) is 26.8. The van der Waals surface area contributed by atoms with Crippen LogP contribution in [0.4, 0.5) is 0 Å². The number of allylic oxidation sites excluding steroid dienone is 10. The lowest BCUT2D eigenvalue weighted by molar-refractivity contribution is -0.161. The van der Waals surface area contributed by atoms with Crippen molar-refractivity contribution >= 4 is 25.7 Å². The number of hydrogen-bond acceptors (Lipinski definition) is 9. The maximum absolute atomic E-state index is 12.3. The van der Waals surface area contributed by atoms with Gasteiger partial charge in [-0.05, 0) is 57.8 Å². The minimum Gasteiger partial charge on any atom is -0.480 e. The van der Waals surface area contributed by atoms with Crippen LogP contribution in [0.5, 0.6) is 0 Å². The molecule has 3 atom stereocenters. The van der Waals surface area contributed by atoms with Gasteiger partial charge in [-0.15, -0.1) is 0 Å². The Hall–Kier alpha value is -2.82. The summed E-state index contributed by atoms with van der Waals surface area (Å²) in [6, 6.07) is -1.52. The fourth-order valence-electron chi connectivity index (χ4n) is 3.36. The molecule has 12 heteroatoms. The van der Waals surface area contributed by atoms with Crippen LogP contribution in [0.2, 0.25) is 0 Å².